The van der Waals surface area contributed by atoms with Crippen molar-refractivity contribution in [2.75, 3.05) is 5.32 Å². The van der Waals surface area contributed by atoms with E-state index in [0.29, 0.717) is 18.8 Å². The second-order valence-corrected chi connectivity index (χ2v) is 8.44. The summed E-state index contributed by atoms with van der Waals surface area (Å²) < 4.78 is 15.7. The van der Waals surface area contributed by atoms with Crippen molar-refractivity contribution in [1.29, 1.82) is 0 Å². The third kappa shape index (κ3) is 4.66. The van der Waals surface area contributed by atoms with E-state index in [4.69, 9.17) is 11.6 Å². The molecule has 0 radical (unpaired) electrons. The largest absolute Gasteiger partial charge is 0.342 e. The molecule has 4 nitrogen and oxygen atoms in total. The van der Waals surface area contributed by atoms with Gasteiger partial charge in [-0.05, 0) is 47.7 Å². The molecule has 3 rings (SSSR count). The summed E-state index contributed by atoms with van der Waals surface area (Å²) in [6.45, 7) is 8.49. The number of aromatic nitrogens is 2. The molecular formula is C21H23ClFN3O. The Labute approximate surface area is 163 Å². The van der Waals surface area contributed by atoms with Gasteiger partial charge in [0, 0.05) is 19.2 Å². The summed E-state index contributed by atoms with van der Waals surface area (Å²) in [4.78, 5) is 16.8. The van der Waals surface area contributed by atoms with Gasteiger partial charge >= 0.3 is 0 Å². The molecule has 0 aliphatic heterocycles. The molecular weight excluding hydrogens is 365 g/mol. The maximum absolute atomic E-state index is 13.7. The number of nitrogens with zero attached hydrogens (tertiary/aromatic N) is 2. The zero-order valence-electron chi connectivity index (χ0n) is 15.9. The topological polar surface area (TPSA) is 46.9 Å². The van der Waals surface area contributed by atoms with Crippen molar-refractivity contribution in [2.45, 2.75) is 40.7 Å². The lowest BCUT2D eigenvalue weighted by atomic mass is 9.92. The number of benzene rings is 1. The minimum absolute atomic E-state index is 0.0477. The van der Waals surface area contributed by atoms with Crippen molar-refractivity contribution in [3.05, 3.63) is 58.5 Å². The van der Waals surface area contributed by atoms with E-state index in [0.717, 1.165) is 22.2 Å². The highest BCUT2D eigenvalue weighted by Crippen LogP contribution is 2.24. The van der Waals surface area contributed by atoms with Gasteiger partial charge in [0.2, 0.25) is 5.91 Å². The summed E-state index contributed by atoms with van der Waals surface area (Å²) in [5.74, 6) is 0.101. The standard InChI is InChI=1S/C21H23ClFN3O/c1-13-9-18-17(24-20(13)25-19(27)11-21(2,3)4)7-8-26(18)12-14-5-6-15(22)16(23)10-14/h5-10H,11-12H2,1-4H3,(H,24,25,27). The number of halogens is 2. The molecule has 0 saturated carbocycles. The number of fused-ring (bicyclic) bond motifs is 1. The first kappa shape index (κ1) is 19.4. The lowest BCUT2D eigenvalue weighted by Crippen LogP contribution is -2.20. The molecule has 1 aromatic carbocycles. The van der Waals surface area contributed by atoms with Crippen LogP contribution < -0.4 is 5.32 Å². The van der Waals surface area contributed by atoms with Gasteiger partial charge in [-0.25, -0.2) is 9.37 Å². The number of anilines is 1. The maximum Gasteiger partial charge on any atom is 0.226 e. The maximum atomic E-state index is 13.7. The number of aryl methyl sites for hydroxylation is 1. The number of rotatable bonds is 4. The summed E-state index contributed by atoms with van der Waals surface area (Å²) in [6.07, 6.45) is 2.33. The predicted octanol–water partition coefficient (Wildman–Crippen LogP) is 5.56. The van der Waals surface area contributed by atoms with Gasteiger partial charge in [-0.1, -0.05) is 38.4 Å². The number of carbonyl (C=O) groups excluding carboxylic acids is 1. The van der Waals surface area contributed by atoms with Crippen LogP contribution in [0.1, 0.15) is 38.3 Å². The Kier molecular flexibility index (Phi) is 5.24. The van der Waals surface area contributed by atoms with Crippen molar-refractivity contribution >= 4 is 34.4 Å². The lowest BCUT2D eigenvalue weighted by molar-refractivity contribution is -0.117. The van der Waals surface area contributed by atoms with Gasteiger partial charge in [-0.15, -0.1) is 0 Å². The lowest BCUT2D eigenvalue weighted by Gasteiger charge is -2.17. The average molecular weight is 388 g/mol. The average Bonchev–Trinajstić information content (AvgIpc) is 2.91. The van der Waals surface area contributed by atoms with Crippen molar-refractivity contribution < 1.29 is 9.18 Å². The molecule has 1 amide bonds. The van der Waals surface area contributed by atoms with Crippen LogP contribution in [0.5, 0.6) is 0 Å². The van der Waals surface area contributed by atoms with Crippen LogP contribution in [-0.2, 0) is 11.3 Å². The molecule has 142 valence electrons. The Morgan fingerprint density at radius 1 is 1.26 bits per heavy atom. The van der Waals surface area contributed by atoms with Crippen LogP contribution in [0.2, 0.25) is 5.02 Å². The minimum Gasteiger partial charge on any atom is -0.342 e. The zero-order valence-corrected chi connectivity index (χ0v) is 16.7. The number of hydrogen-bond acceptors (Lipinski definition) is 2. The molecule has 0 atom stereocenters. The first-order valence-electron chi connectivity index (χ1n) is 8.83. The van der Waals surface area contributed by atoms with E-state index in [1.807, 2.05) is 50.6 Å². The van der Waals surface area contributed by atoms with Gasteiger partial charge in [-0.3, -0.25) is 4.79 Å². The first-order chi connectivity index (χ1) is 12.6. The van der Waals surface area contributed by atoms with Gasteiger partial charge in [0.25, 0.3) is 0 Å². The summed E-state index contributed by atoms with van der Waals surface area (Å²) in [5, 5.41) is 3.02. The van der Waals surface area contributed by atoms with Crippen molar-refractivity contribution in [2.24, 2.45) is 5.41 Å². The van der Waals surface area contributed by atoms with Gasteiger partial charge in [0.1, 0.15) is 11.6 Å². The predicted molar refractivity (Wildman–Crippen MR) is 108 cm³/mol. The van der Waals surface area contributed by atoms with Crippen molar-refractivity contribution in [1.82, 2.24) is 9.55 Å². The summed E-state index contributed by atoms with van der Waals surface area (Å²) >= 11 is 5.75. The van der Waals surface area contributed by atoms with E-state index in [1.165, 1.54) is 6.07 Å². The van der Waals surface area contributed by atoms with Gasteiger partial charge < -0.3 is 9.88 Å². The Morgan fingerprint density at radius 3 is 2.67 bits per heavy atom. The fraction of sp³-hybridized carbons (Fsp3) is 0.333. The summed E-state index contributed by atoms with van der Waals surface area (Å²) in [6, 6.07) is 8.68. The highest BCUT2D eigenvalue weighted by Gasteiger charge is 2.17. The number of amides is 1. The molecule has 0 aliphatic rings. The van der Waals surface area contributed by atoms with E-state index < -0.39 is 5.82 Å². The van der Waals surface area contributed by atoms with E-state index in [2.05, 4.69) is 10.3 Å². The first-order valence-corrected chi connectivity index (χ1v) is 9.20. The number of hydrogen-bond donors (Lipinski definition) is 1. The second kappa shape index (κ2) is 7.31. The Hall–Kier alpha value is -2.40. The van der Waals surface area contributed by atoms with Crippen molar-refractivity contribution in [3.63, 3.8) is 0 Å². The highest BCUT2D eigenvalue weighted by molar-refractivity contribution is 6.30. The molecule has 0 fully saturated rings. The molecule has 0 unspecified atom stereocenters. The molecule has 0 bridgehead atoms. The molecule has 6 heteroatoms. The Bertz CT molecular complexity index is 1000. The number of carbonyl (C=O) groups is 1. The third-order valence-electron chi connectivity index (χ3n) is 4.23. The van der Waals surface area contributed by atoms with Crippen LogP contribution in [0.15, 0.2) is 36.5 Å². The molecule has 2 aromatic heterocycles. The van der Waals surface area contributed by atoms with Crippen LogP contribution in [0.25, 0.3) is 11.0 Å². The van der Waals surface area contributed by atoms with Gasteiger partial charge in [0.05, 0.1) is 16.1 Å². The molecule has 2 heterocycles. The van der Waals surface area contributed by atoms with Crippen LogP contribution in [-0.4, -0.2) is 15.5 Å². The monoisotopic (exact) mass is 387 g/mol. The molecule has 1 N–H and O–H groups in total. The van der Waals surface area contributed by atoms with E-state index in [-0.39, 0.29) is 16.3 Å². The zero-order chi connectivity index (χ0) is 19.8. The highest BCUT2D eigenvalue weighted by atomic mass is 35.5. The van der Waals surface area contributed by atoms with Gasteiger partial charge in [0.15, 0.2) is 0 Å². The van der Waals surface area contributed by atoms with Crippen molar-refractivity contribution in [3.8, 4) is 0 Å². The number of nitrogens with one attached hydrogen (secondary N) is 1. The van der Waals surface area contributed by atoms with E-state index >= 15 is 0 Å². The Morgan fingerprint density at radius 2 is 2.00 bits per heavy atom. The normalized spacial score (nSPS) is 11.8. The molecule has 27 heavy (non-hydrogen) atoms. The van der Waals surface area contributed by atoms with E-state index in [1.54, 1.807) is 12.1 Å². The fourth-order valence-corrected chi connectivity index (χ4v) is 3.08. The molecule has 3 aromatic rings. The molecule has 0 spiro atoms. The van der Waals surface area contributed by atoms with Crippen LogP contribution >= 0.6 is 11.6 Å². The minimum atomic E-state index is -0.427. The second-order valence-electron chi connectivity index (χ2n) is 8.04. The smallest absolute Gasteiger partial charge is 0.226 e. The SMILES string of the molecule is Cc1cc2c(ccn2Cc2ccc(Cl)c(F)c2)nc1NC(=O)CC(C)(C)C. The van der Waals surface area contributed by atoms with Crippen LogP contribution in [0, 0.1) is 18.2 Å². The summed E-state index contributed by atoms with van der Waals surface area (Å²) in [5.41, 5.74) is 3.32. The molecule has 0 aliphatic carbocycles. The Balaban J connectivity index is 1.85. The molecule has 0 saturated heterocycles. The van der Waals surface area contributed by atoms with Crippen LogP contribution in [0.4, 0.5) is 10.2 Å². The third-order valence-corrected chi connectivity index (χ3v) is 4.54. The van der Waals surface area contributed by atoms with Gasteiger partial charge in [-0.2, -0.15) is 0 Å². The summed E-state index contributed by atoms with van der Waals surface area (Å²) in [7, 11) is 0. The van der Waals surface area contributed by atoms with Crippen LogP contribution in [0.3, 0.4) is 0 Å². The quantitative estimate of drug-likeness (QED) is 0.637. The number of pyridine rings is 1. The fourth-order valence-electron chi connectivity index (χ4n) is 2.96. The van der Waals surface area contributed by atoms with E-state index in [9.17, 15) is 9.18 Å².